The van der Waals surface area contributed by atoms with Crippen molar-refractivity contribution in [3.8, 4) is 0 Å². The van der Waals surface area contributed by atoms with Gasteiger partial charge in [-0.25, -0.2) is 9.59 Å². The number of ether oxygens (including phenoxy) is 2. The van der Waals surface area contributed by atoms with Gasteiger partial charge in [0, 0.05) is 5.56 Å². The van der Waals surface area contributed by atoms with Gasteiger partial charge in [0.15, 0.2) is 0 Å². The highest BCUT2D eigenvalue weighted by atomic mass is 16.5. The lowest BCUT2D eigenvalue weighted by molar-refractivity contribution is -0.144. The van der Waals surface area contributed by atoms with Gasteiger partial charge in [0.25, 0.3) is 5.91 Å². The van der Waals surface area contributed by atoms with Gasteiger partial charge >= 0.3 is 11.9 Å². The molecule has 6 nitrogen and oxygen atoms in total. The maximum Gasteiger partial charge on any atom is 0.337 e. The lowest BCUT2D eigenvalue weighted by Crippen LogP contribution is -2.45. The number of carbonyl (C=O) groups excluding carboxylic acids is 3. The summed E-state index contributed by atoms with van der Waals surface area (Å²) in [5, 5.41) is 2.62. The van der Waals surface area contributed by atoms with Crippen LogP contribution in [-0.4, -0.2) is 38.1 Å². The van der Waals surface area contributed by atoms with Gasteiger partial charge in [-0.15, -0.1) is 0 Å². The average Bonchev–Trinajstić information content (AvgIpc) is 2.50. The van der Waals surface area contributed by atoms with Crippen molar-refractivity contribution in [1.82, 2.24) is 5.32 Å². The number of rotatable bonds is 5. The first kappa shape index (κ1) is 16.7. The zero-order chi connectivity index (χ0) is 16.0. The van der Waals surface area contributed by atoms with Gasteiger partial charge in [-0.3, -0.25) is 4.79 Å². The fraction of sp³-hybridized carbons (Fsp3) is 0.400. The Bertz CT molecular complexity index is 521. The van der Waals surface area contributed by atoms with E-state index < -0.39 is 23.9 Å². The third kappa shape index (κ3) is 4.30. The molecule has 1 aromatic carbocycles. The first-order valence-electron chi connectivity index (χ1n) is 6.47. The Kier molecular flexibility index (Phi) is 5.90. The molecule has 0 aliphatic heterocycles. The Hall–Kier alpha value is -2.37. The van der Waals surface area contributed by atoms with Crippen molar-refractivity contribution >= 4 is 17.8 Å². The summed E-state index contributed by atoms with van der Waals surface area (Å²) in [6.45, 7) is 3.62. The zero-order valence-corrected chi connectivity index (χ0v) is 12.5. The van der Waals surface area contributed by atoms with E-state index in [1.807, 2.05) is 13.8 Å². The highest BCUT2D eigenvalue weighted by Crippen LogP contribution is 2.09. The molecule has 0 aromatic heterocycles. The summed E-state index contributed by atoms with van der Waals surface area (Å²) in [7, 11) is 2.56. The lowest BCUT2D eigenvalue weighted by Gasteiger charge is -2.19. The van der Waals surface area contributed by atoms with E-state index in [0.717, 1.165) is 0 Å². The van der Waals surface area contributed by atoms with Crippen LogP contribution in [0.3, 0.4) is 0 Å². The predicted molar refractivity (Wildman–Crippen MR) is 75.9 cm³/mol. The predicted octanol–water partition coefficient (Wildman–Crippen LogP) is 1.40. The molecular formula is C15H19NO5. The van der Waals surface area contributed by atoms with Gasteiger partial charge in [0.1, 0.15) is 6.04 Å². The number of benzene rings is 1. The second-order valence-corrected chi connectivity index (χ2v) is 4.79. The summed E-state index contributed by atoms with van der Waals surface area (Å²) in [4.78, 5) is 35.0. The SMILES string of the molecule is COC(=O)c1ccc(C(=O)N[C@@H](C(=O)OC)C(C)C)cc1. The Morgan fingerprint density at radius 1 is 0.952 bits per heavy atom. The second kappa shape index (κ2) is 7.42. The molecule has 0 unspecified atom stereocenters. The van der Waals surface area contributed by atoms with Crippen LogP contribution in [0.15, 0.2) is 24.3 Å². The standard InChI is InChI=1S/C15H19NO5/c1-9(2)12(15(19)21-4)16-13(17)10-5-7-11(8-6-10)14(18)20-3/h5-9,12H,1-4H3,(H,16,17)/t12-/m1/s1. The van der Waals surface area contributed by atoms with E-state index in [1.165, 1.54) is 38.5 Å². The molecule has 1 rings (SSSR count). The topological polar surface area (TPSA) is 81.7 Å². The zero-order valence-electron chi connectivity index (χ0n) is 12.5. The summed E-state index contributed by atoms with van der Waals surface area (Å²) >= 11 is 0. The highest BCUT2D eigenvalue weighted by Gasteiger charge is 2.25. The number of amides is 1. The summed E-state index contributed by atoms with van der Waals surface area (Å²) < 4.78 is 9.24. The highest BCUT2D eigenvalue weighted by molar-refractivity contribution is 5.98. The third-order valence-electron chi connectivity index (χ3n) is 2.98. The smallest absolute Gasteiger partial charge is 0.337 e. The summed E-state index contributed by atoms with van der Waals surface area (Å²) in [6.07, 6.45) is 0. The second-order valence-electron chi connectivity index (χ2n) is 4.79. The third-order valence-corrected chi connectivity index (χ3v) is 2.98. The minimum atomic E-state index is -0.720. The van der Waals surface area contributed by atoms with Crippen molar-refractivity contribution in [2.24, 2.45) is 5.92 Å². The quantitative estimate of drug-likeness (QED) is 0.830. The number of hydrogen-bond acceptors (Lipinski definition) is 5. The van der Waals surface area contributed by atoms with Crippen LogP contribution in [0.5, 0.6) is 0 Å². The number of nitrogens with one attached hydrogen (secondary N) is 1. The van der Waals surface area contributed by atoms with Crippen molar-refractivity contribution < 1.29 is 23.9 Å². The maximum absolute atomic E-state index is 12.1. The molecule has 0 spiro atoms. The fourth-order valence-electron chi connectivity index (χ4n) is 1.72. The van der Waals surface area contributed by atoms with Crippen molar-refractivity contribution in [2.45, 2.75) is 19.9 Å². The van der Waals surface area contributed by atoms with Crippen LogP contribution in [0.1, 0.15) is 34.6 Å². The van der Waals surface area contributed by atoms with Crippen LogP contribution in [-0.2, 0) is 14.3 Å². The van der Waals surface area contributed by atoms with Crippen molar-refractivity contribution in [2.75, 3.05) is 14.2 Å². The summed E-state index contributed by atoms with van der Waals surface area (Å²) in [5.74, 6) is -1.48. The van der Waals surface area contributed by atoms with Crippen LogP contribution < -0.4 is 5.32 Å². The molecule has 1 aromatic rings. The molecule has 6 heteroatoms. The van der Waals surface area contributed by atoms with Crippen LogP contribution in [0.2, 0.25) is 0 Å². The van der Waals surface area contributed by atoms with Gasteiger partial charge in [-0.1, -0.05) is 13.8 Å². The van der Waals surface area contributed by atoms with Crippen molar-refractivity contribution in [1.29, 1.82) is 0 Å². The molecule has 0 aliphatic rings. The molecule has 114 valence electrons. The lowest BCUT2D eigenvalue weighted by atomic mass is 10.0. The first-order valence-corrected chi connectivity index (χ1v) is 6.47. The maximum atomic E-state index is 12.1. The van der Waals surface area contributed by atoms with Crippen molar-refractivity contribution in [3.63, 3.8) is 0 Å². The Balaban J connectivity index is 2.83. The molecule has 0 aliphatic carbocycles. The molecule has 1 atom stereocenters. The molecular weight excluding hydrogens is 274 g/mol. The van der Waals surface area contributed by atoms with E-state index in [0.29, 0.717) is 11.1 Å². The average molecular weight is 293 g/mol. The number of esters is 2. The van der Waals surface area contributed by atoms with Gasteiger partial charge in [-0.2, -0.15) is 0 Å². The van der Waals surface area contributed by atoms with Crippen LogP contribution >= 0.6 is 0 Å². The first-order chi connectivity index (χ1) is 9.90. The molecule has 0 bridgehead atoms. The van der Waals surface area contributed by atoms with E-state index >= 15 is 0 Å². The minimum absolute atomic E-state index is 0.101. The minimum Gasteiger partial charge on any atom is -0.467 e. The van der Waals surface area contributed by atoms with Gasteiger partial charge in [0.05, 0.1) is 19.8 Å². The van der Waals surface area contributed by atoms with E-state index in [2.05, 4.69) is 14.8 Å². The molecule has 21 heavy (non-hydrogen) atoms. The number of carbonyl (C=O) groups is 3. The fourth-order valence-corrected chi connectivity index (χ4v) is 1.72. The largest absolute Gasteiger partial charge is 0.467 e. The molecule has 0 fully saturated rings. The number of hydrogen-bond donors (Lipinski definition) is 1. The summed E-state index contributed by atoms with van der Waals surface area (Å²) in [5.41, 5.74) is 0.694. The normalized spacial score (nSPS) is 11.7. The van der Waals surface area contributed by atoms with Crippen LogP contribution in [0, 0.1) is 5.92 Å². The van der Waals surface area contributed by atoms with E-state index in [1.54, 1.807) is 0 Å². The van der Waals surface area contributed by atoms with Gasteiger partial charge in [-0.05, 0) is 30.2 Å². The number of methoxy groups -OCH3 is 2. The Morgan fingerprint density at radius 2 is 1.48 bits per heavy atom. The molecule has 0 heterocycles. The van der Waals surface area contributed by atoms with Crippen LogP contribution in [0.4, 0.5) is 0 Å². The van der Waals surface area contributed by atoms with Gasteiger partial charge in [0.2, 0.25) is 0 Å². The molecule has 1 N–H and O–H groups in total. The Morgan fingerprint density at radius 3 is 1.90 bits per heavy atom. The van der Waals surface area contributed by atoms with Crippen LogP contribution in [0.25, 0.3) is 0 Å². The molecule has 0 saturated heterocycles. The summed E-state index contributed by atoms with van der Waals surface area (Å²) in [6, 6.07) is 5.25. The van der Waals surface area contributed by atoms with E-state index in [-0.39, 0.29) is 5.92 Å². The van der Waals surface area contributed by atoms with E-state index in [4.69, 9.17) is 0 Å². The molecule has 1 amide bonds. The van der Waals surface area contributed by atoms with E-state index in [9.17, 15) is 14.4 Å². The monoisotopic (exact) mass is 293 g/mol. The molecule has 0 radical (unpaired) electrons. The van der Waals surface area contributed by atoms with Gasteiger partial charge < -0.3 is 14.8 Å². The molecule has 0 saturated carbocycles. The Labute approximate surface area is 123 Å². The van der Waals surface area contributed by atoms with Crippen molar-refractivity contribution in [3.05, 3.63) is 35.4 Å².